The van der Waals surface area contributed by atoms with Crippen LogP contribution in [0, 0.1) is 10.8 Å². The van der Waals surface area contributed by atoms with E-state index in [4.69, 9.17) is 0 Å². The molecule has 3 nitrogen and oxygen atoms in total. The van der Waals surface area contributed by atoms with Crippen LogP contribution in [-0.4, -0.2) is 11.7 Å². The van der Waals surface area contributed by atoms with E-state index in [0.29, 0.717) is 0 Å². The molecule has 0 aromatic carbocycles. The lowest BCUT2D eigenvalue weighted by molar-refractivity contribution is -0.146. The number of oxime groups is 1. The van der Waals surface area contributed by atoms with Crippen LogP contribution in [0.4, 0.5) is 0 Å². The highest BCUT2D eigenvalue weighted by Crippen LogP contribution is 2.35. The molecule has 1 aliphatic heterocycles. The number of rotatable bonds is 0. The second kappa shape index (κ2) is 2.31. The van der Waals surface area contributed by atoms with Crippen molar-refractivity contribution in [1.82, 2.24) is 0 Å². The zero-order valence-corrected chi connectivity index (χ0v) is 8.26. The highest BCUT2D eigenvalue weighted by atomic mass is 16.7. The lowest BCUT2D eigenvalue weighted by Gasteiger charge is -2.25. The first-order valence-corrected chi connectivity index (χ1v) is 4.06. The standard InChI is InChI=1S/C9H15NO2/c1-8(2,3)6-9(4,5)7(11)12-10-6/h1-5H3. The van der Waals surface area contributed by atoms with Crippen LogP contribution in [-0.2, 0) is 9.63 Å². The summed E-state index contributed by atoms with van der Waals surface area (Å²) in [7, 11) is 0. The molecule has 3 heteroatoms. The second-order valence-corrected chi connectivity index (χ2v) is 4.69. The van der Waals surface area contributed by atoms with Crippen LogP contribution in [0.25, 0.3) is 0 Å². The molecule has 0 atom stereocenters. The van der Waals surface area contributed by atoms with Gasteiger partial charge < -0.3 is 4.84 Å². The zero-order valence-electron chi connectivity index (χ0n) is 8.26. The molecule has 0 saturated heterocycles. The Morgan fingerprint density at radius 2 is 1.83 bits per heavy atom. The number of carbonyl (C=O) groups excluding carboxylic acids is 1. The molecule has 68 valence electrons. The molecule has 1 rings (SSSR count). The fraction of sp³-hybridized carbons (Fsp3) is 0.778. The van der Waals surface area contributed by atoms with E-state index in [1.165, 1.54) is 0 Å². The maximum Gasteiger partial charge on any atom is 0.346 e. The van der Waals surface area contributed by atoms with E-state index in [1.807, 2.05) is 34.6 Å². The largest absolute Gasteiger partial charge is 0.346 e. The summed E-state index contributed by atoms with van der Waals surface area (Å²) in [5, 5.41) is 3.81. The maximum atomic E-state index is 11.2. The van der Waals surface area contributed by atoms with Gasteiger partial charge in [0.05, 0.1) is 5.71 Å². The predicted molar refractivity (Wildman–Crippen MR) is 46.8 cm³/mol. The monoisotopic (exact) mass is 169 g/mol. The van der Waals surface area contributed by atoms with Crippen molar-refractivity contribution >= 4 is 11.7 Å². The quantitative estimate of drug-likeness (QED) is 0.520. The molecule has 0 bridgehead atoms. The van der Waals surface area contributed by atoms with Crippen LogP contribution < -0.4 is 0 Å². The van der Waals surface area contributed by atoms with Crippen LogP contribution in [0.3, 0.4) is 0 Å². The van der Waals surface area contributed by atoms with Gasteiger partial charge in [-0.2, -0.15) is 0 Å². The summed E-state index contributed by atoms with van der Waals surface area (Å²) in [4.78, 5) is 15.9. The van der Waals surface area contributed by atoms with Crippen molar-refractivity contribution in [2.45, 2.75) is 34.6 Å². The summed E-state index contributed by atoms with van der Waals surface area (Å²) >= 11 is 0. The van der Waals surface area contributed by atoms with E-state index in [9.17, 15) is 4.79 Å². The van der Waals surface area contributed by atoms with Gasteiger partial charge in [-0.1, -0.05) is 25.9 Å². The third-order valence-electron chi connectivity index (χ3n) is 2.03. The first kappa shape index (κ1) is 9.23. The van der Waals surface area contributed by atoms with Crippen molar-refractivity contribution in [2.24, 2.45) is 16.0 Å². The minimum absolute atomic E-state index is 0.102. The summed E-state index contributed by atoms with van der Waals surface area (Å²) in [5.74, 6) is -0.257. The average Bonchev–Trinajstić information content (AvgIpc) is 2.06. The van der Waals surface area contributed by atoms with E-state index < -0.39 is 5.41 Å². The average molecular weight is 169 g/mol. The third-order valence-corrected chi connectivity index (χ3v) is 2.03. The third kappa shape index (κ3) is 1.24. The summed E-state index contributed by atoms with van der Waals surface area (Å²) < 4.78 is 0. The Hall–Kier alpha value is -0.860. The zero-order chi connectivity index (χ0) is 9.57. The number of carbonyl (C=O) groups is 1. The van der Waals surface area contributed by atoms with E-state index in [0.717, 1.165) is 5.71 Å². The van der Waals surface area contributed by atoms with Gasteiger partial charge in [0.1, 0.15) is 5.41 Å². The molecule has 0 N–H and O–H groups in total. The summed E-state index contributed by atoms with van der Waals surface area (Å²) in [6.45, 7) is 9.75. The van der Waals surface area contributed by atoms with Crippen molar-refractivity contribution in [3.63, 3.8) is 0 Å². The molecule has 0 saturated carbocycles. The first-order valence-electron chi connectivity index (χ1n) is 4.06. The molecular weight excluding hydrogens is 154 g/mol. The molecule has 0 amide bonds. The topological polar surface area (TPSA) is 38.7 Å². The summed E-state index contributed by atoms with van der Waals surface area (Å²) in [5.41, 5.74) is 0.161. The van der Waals surface area contributed by atoms with E-state index in [1.54, 1.807) is 0 Å². The van der Waals surface area contributed by atoms with Crippen LogP contribution in [0.5, 0.6) is 0 Å². The van der Waals surface area contributed by atoms with Crippen molar-refractivity contribution in [1.29, 1.82) is 0 Å². The smallest absolute Gasteiger partial charge is 0.317 e. The number of hydrogen-bond donors (Lipinski definition) is 0. The predicted octanol–water partition coefficient (Wildman–Crippen LogP) is 1.97. The highest BCUT2D eigenvalue weighted by Gasteiger charge is 2.46. The molecule has 1 heterocycles. The Bertz CT molecular complexity index is 246. The van der Waals surface area contributed by atoms with Gasteiger partial charge in [-0.3, -0.25) is 0 Å². The van der Waals surface area contributed by atoms with Crippen LogP contribution in [0.15, 0.2) is 5.16 Å². The Labute approximate surface area is 72.8 Å². The van der Waals surface area contributed by atoms with Crippen LogP contribution >= 0.6 is 0 Å². The van der Waals surface area contributed by atoms with Gasteiger partial charge in [0.15, 0.2) is 0 Å². The molecule has 0 aromatic heterocycles. The van der Waals surface area contributed by atoms with Gasteiger partial charge in [-0.15, -0.1) is 0 Å². The number of hydrogen-bond acceptors (Lipinski definition) is 3. The molecule has 0 unspecified atom stereocenters. The fourth-order valence-electron chi connectivity index (χ4n) is 1.49. The highest BCUT2D eigenvalue weighted by molar-refractivity contribution is 6.10. The molecular formula is C9H15NO2. The SMILES string of the molecule is CC(C)(C)C1=NOC(=O)C1(C)C. The van der Waals surface area contributed by atoms with Crippen LogP contribution in [0.2, 0.25) is 0 Å². The lowest BCUT2D eigenvalue weighted by atomic mass is 9.74. The van der Waals surface area contributed by atoms with E-state index in [2.05, 4.69) is 9.99 Å². The van der Waals surface area contributed by atoms with Crippen LogP contribution in [0.1, 0.15) is 34.6 Å². The molecule has 1 aliphatic rings. The van der Waals surface area contributed by atoms with Gasteiger partial charge in [-0.05, 0) is 13.8 Å². The second-order valence-electron chi connectivity index (χ2n) is 4.69. The lowest BCUT2D eigenvalue weighted by Crippen LogP contribution is -2.36. The van der Waals surface area contributed by atoms with Crippen molar-refractivity contribution in [3.8, 4) is 0 Å². The van der Waals surface area contributed by atoms with Gasteiger partial charge in [0.25, 0.3) is 0 Å². The van der Waals surface area contributed by atoms with Crippen molar-refractivity contribution in [2.75, 3.05) is 0 Å². The summed E-state index contributed by atoms with van der Waals surface area (Å²) in [6, 6.07) is 0. The van der Waals surface area contributed by atoms with Crippen molar-refractivity contribution in [3.05, 3.63) is 0 Å². The molecule has 0 fully saturated rings. The fourth-order valence-corrected chi connectivity index (χ4v) is 1.49. The Morgan fingerprint density at radius 3 is 2.00 bits per heavy atom. The molecule has 0 spiro atoms. The maximum absolute atomic E-state index is 11.2. The van der Waals surface area contributed by atoms with E-state index >= 15 is 0 Å². The minimum atomic E-state index is -0.557. The molecule has 0 aromatic rings. The van der Waals surface area contributed by atoms with Crippen molar-refractivity contribution < 1.29 is 9.63 Å². The van der Waals surface area contributed by atoms with Gasteiger partial charge in [0.2, 0.25) is 0 Å². The molecule has 12 heavy (non-hydrogen) atoms. The van der Waals surface area contributed by atoms with E-state index in [-0.39, 0.29) is 11.4 Å². The normalized spacial score (nSPS) is 22.1. The number of nitrogens with zero attached hydrogens (tertiary/aromatic N) is 1. The minimum Gasteiger partial charge on any atom is -0.317 e. The Kier molecular flexibility index (Phi) is 1.78. The molecule has 0 radical (unpaired) electrons. The van der Waals surface area contributed by atoms with Gasteiger partial charge >= 0.3 is 5.97 Å². The Morgan fingerprint density at radius 1 is 1.33 bits per heavy atom. The summed E-state index contributed by atoms with van der Waals surface area (Å²) in [6.07, 6.45) is 0. The van der Waals surface area contributed by atoms with Gasteiger partial charge in [-0.25, -0.2) is 4.79 Å². The van der Waals surface area contributed by atoms with Gasteiger partial charge in [0, 0.05) is 5.41 Å². The Balaban J connectivity index is 3.03. The first-order chi connectivity index (χ1) is 5.26. The molecule has 0 aliphatic carbocycles.